The van der Waals surface area contributed by atoms with E-state index in [0.717, 1.165) is 12.1 Å². The zero-order valence-corrected chi connectivity index (χ0v) is 11.4. The number of hydrogen-bond donors (Lipinski definition) is 1. The number of rotatable bonds is 3. The lowest BCUT2D eigenvalue weighted by atomic mass is 9.88. The van der Waals surface area contributed by atoms with E-state index in [1.807, 2.05) is 6.92 Å². The monoisotopic (exact) mass is 323 g/mol. The predicted octanol–water partition coefficient (Wildman–Crippen LogP) is 3.92. The second-order valence-electron chi connectivity index (χ2n) is 4.88. The maximum absolute atomic E-state index is 12.6. The highest BCUT2D eigenvalue weighted by atomic mass is 79.9. The molecule has 1 saturated heterocycles. The average Bonchev–Trinajstić information content (AvgIpc) is 2.22. The molecule has 2 nitrogen and oxygen atoms in total. The van der Waals surface area contributed by atoms with Crippen molar-refractivity contribution in [2.75, 3.05) is 25.1 Å². The van der Waals surface area contributed by atoms with Gasteiger partial charge in [0.1, 0.15) is 0 Å². The van der Waals surface area contributed by atoms with Gasteiger partial charge in [0.2, 0.25) is 0 Å². The fourth-order valence-electron chi connectivity index (χ4n) is 1.72. The molecule has 0 bridgehead atoms. The maximum atomic E-state index is 12.6. The Balaban J connectivity index is 2.10. The zero-order chi connectivity index (χ0) is 13.4. The van der Waals surface area contributed by atoms with Crippen LogP contribution in [0.5, 0.6) is 0 Å². The first-order chi connectivity index (χ1) is 8.28. The molecule has 0 saturated carbocycles. The Morgan fingerprint density at radius 2 is 2.00 bits per heavy atom. The molecule has 1 aromatic rings. The highest BCUT2D eigenvalue weighted by Crippen LogP contribution is 2.34. The van der Waals surface area contributed by atoms with Crippen molar-refractivity contribution in [1.82, 2.24) is 0 Å². The number of alkyl halides is 3. The van der Waals surface area contributed by atoms with E-state index in [4.69, 9.17) is 4.74 Å². The van der Waals surface area contributed by atoms with Crippen LogP contribution in [0.1, 0.15) is 12.5 Å². The van der Waals surface area contributed by atoms with Crippen molar-refractivity contribution in [1.29, 1.82) is 0 Å². The molecule has 0 amide bonds. The second kappa shape index (κ2) is 4.74. The molecule has 18 heavy (non-hydrogen) atoms. The average molecular weight is 324 g/mol. The lowest BCUT2D eigenvalue weighted by molar-refractivity contribution is -0.137. The summed E-state index contributed by atoms with van der Waals surface area (Å²) in [4.78, 5) is 0. The summed E-state index contributed by atoms with van der Waals surface area (Å²) < 4.78 is 43.4. The van der Waals surface area contributed by atoms with Crippen molar-refractivity contribution in [2.45, 2.75) is 13.1 Å². The van der Waals surface area contributed by atoms with Gasteiger partial charge in [-0.25, -0.2) is 0 Å². The minimum absolute atomic E-state index is 0.0146. The maximum Gasteiger partial charge on any atom is 0.416 e. The molecule has 0 aliphatic carbocycles. The third-order valence-corrected chi connectivity index (χ3v) is 3.30. The molecule has 0 spiro atoms. The summed E-state index contributed by atoms with van der Waals surface area (Å²) in [5.41, 5.74) is -0.181. The van der Waals surface area contributed by atoms with Gasteiger partial charge < -0.3 is 10.1 Å². The van der Waals surface area contributed by atoms with Crippen LogP contribution in [0.4, 0.5) is 18.9 Å². The van der Waals surface area contributed by atoms with Crippen LogP contribution in [0.2, 0.25) is 0 Å². The molecule has 100 valence electrons. The van der Waals surface area contributed by atoms with Crippen LogP contribution in [0.25, 0.3) is 0 Å². The highest BCUT2D eigenvalue weighted by molar-refractivity contribution is 9.10. The molecule has 1 fully saturated rings. The van der Waals surface area contributed by atoms with E-state index in [-0.39, 0.29) is 5.41 Å². The summed E-state index contributed by atoms with van der Waals surface area (Å²) >= 11 is 3.09. The van der Waals surface area contributed by atoms with Crippen LogP contribution in [-0.2, 0) is 10.9 Å². The van der Waals surface area contributed by atoms with Gasteiger partial charge in [0.25, 0.3) is 0 Å². The summed E-state index contributed by atoms with van der Waals surface area (Å²) in [6, 6.07) is 3.82. The van der Waals surface area contributed by atoms with Crippen molar-refractivity contribution in [3.8, 4) is 0 Å². The molecule has 1 aliphatic rings. The SMILES string of the molecule is CC1(CNc2cc(Br)cc(C(F)(F)F)c2)COC1. The fourth-order valence-corrected chi connectivity index (χ4v) is 2.22. The number of halogens is 4. The van der Waals surface area contributed by atoms with Gasteiger partial charge in [0.05, 0.1) is 18.8 Å². The zero-order valence-electron chi connectivity index (χ0n) is 9.77. The number of hydrogen-bond acceptors (Lipinski definition) is 2. The Labute approximate surface area is 112 Å². The van der Waals surface area contributed by atoms with E-state index in [9.17, 15) is 13.2 Å². The Hall–Kier alpha value is -0.750. The quantitative estimate of drug-likeness (QED) is 0.910. The van der Waals surface area contributed by atoms with E-state index < -0.39 is 11.7 Å². The van der Waals surface area contributed by atoms with Gasteiger partial charge >= 0.3 is 6.18 Å². The van der Waals surface area contributed by atoms with Gasteiger partial charge in [0.15, 0.2) is 0 Å². The van der Waals surface area contributed by atoms with Crippen LogP contribution in [0.15, 0.2) is 22.7 Å². The first kappa shape index (κ1) is 13.7. The lowest BCUT2D eigenvalue weighted by Gasteiger charge is -2.38. The summed E-state index contributed by atoms with van der Waals surface area (Å²) in [5, 5.41) is 3.03. The van der Waals surface area contributed by atoms with E-state index in [2.05, 4.69) is 21.2 Å². The van der Waals surface area contributed by atoms with Gasteiger partial charge in [-0.3, -0.25) is 0 Å². The van der Waals surface area contributed by atoms with E-state index in [1.54, 1.807) is 6.07 Å². The summed E-state index contributed by atoms with van der Waals surface area (Å²) in [6.07, 6.45) is -4.33. The normalized spacial score (nSPS) is 18.3. The topological polar surface area (TPSA) is 21.3 Å². The van der Waals surface area contributed by atoms with Crippen LogP contribution in [0.3, 0.4) is 0 Å². The van der Waals surface area contributed by atoms with E-state index >= 15 is 0 Å². The second-order valence-corrected chi connectivity index (χ2v) is 5.80. The third-order valence-electron chi connectivity index (χ3n) is 2.85. The summed E-state index contributed by atoms with van der Waals surface area (Å²) in [5.74, 6) is 0. The first-order valence-electron chi connectivity index (χ1n) is 5.48. The molecule has 6 heteroatoms. The summed E-state index contributed by atoms with van der Waals surface area (Å²) in [7, 11) is 0. The molecule has 1 N–H and O–H groups in total. The van der Waals surface area contributed by atoms with E-state index in [1.165, 1.54) is 0 Å². The van der Waals surface area contributed by atoms with Gasteiger partial charge in [-0.05, 0) is 18.2 Å². The summed E-state index contributed by atoms with van der Waals surface area (Å²) in [6.45, 7) is 3.91. The minimum atomic E-state index is -4.33. The van der Waals surface area contributed by atoms with Gasteiger partial charge in [-0.1, -0.05) is 22.9 Å². The predicted molar refractivity (Wildman–Crippen MR) is 66.6 cm³/mol. The van der Waals surface area contributed by atoms with Gasteiger partial charge in [-0.2, -0.15) is 13.2 Å². The lowest BCUT2D eigenvalue weighted by Crippen LogP contribution is -2.45. The number of ether oxygens (including phenoxy) is 1. The Morgan fingerprint density at radius 1 is 1.33 bits per heavy atom. The van der Waals surface area contributed by atoms with Crippen molar-refractivity contribution in [3.05, 3.63) is 28.2 Å². The van der Waals surface area contributed by atoms with Crippen LogP contribution < -0.4 is 5.32 Å². The minimum Gasteiger partial charge on any atom is -0.384 e. The molecule has 0 unspecified atom stereocenters. The van der Waals surface area contributed by atoms with Gasteiger partial charge in [0, 0.05) is 22.1 Å². The number of anilines is 1. The van der Waals surface area contributed by atoms with E-state index in [0.29, 0.717) is 29.9 Å². The van der Waals surface area contributed by atoms with Crippen LogP contribution >= 0.6 is 15.9 Å². The molecule has 2 rings (SSSR count). The Kier molecular flexibility index (Phi) is 3.60. The van der Waals surface area contributed by atoms with Crippen molar-refractivity contribution >= 4 is 21.6 Å². The molecule has 0 aromatic heterocycles. The Bertz CT molecular complexity index is 443. The largest absolute Gasteiger partial charge is 0.416 e. The first-order valence-corrected chi connectivity index (χ1v) is 6.27. The molecule has 1 aliphatic heterocycles. The molecular formula is C12H13BrF3NO. The van der Waals surface area contributed by atoms with Crippen LogP contribution in [-0.4, -0.2) is 19.8 Å². The van der Waals surface area contributed by atoms with Crippen LogP contribution in [0, 0.1) is 5.41 Å². The van der Waals surface area contributed by atoms with Crippen molar-refractivity contribution in [3.63, 3.8) is 0 Å². The third kappa shape index (κ3) is 3.17. The Morgan fingerprint density at radius 3 is 2.50 bits per heavy atom. The molecule has 0 radical (unpaired) electrons. The molecule has 1 aromatic carbocycles. The standard InChI is InChI=1S/C12H13BrF3NO/c1-11(6-18-7-11)5-17-10-3-8(12(14,15)16)2-9(13)4-10/h2-4,17H,5-7H2,1H3. The van der Waals surface area contributed by atoms with Crippen molar-refractivity contribution < 1.29 is 17.9 Å². The molecule has 0 atom stereocenters. The fraction of sp³-hybridized carbons (Fsp3) is 0.500. The molecular weight excluding hydrogens is 311 g/mol. The van der Waals surface area contributed by atoms with Gasteiger partial charge in [-0.15, -0.1) is 0 Å². The highest BCUT2D eigenvalue weighted by Gasteiger charge is 2.34. The smallest absolute Gasteiger partial charge is 0.384 e. The number of nitrogens with one attached hydrogen (secondary N) is 1. The number of benzene rings is 1. The molecule has 1 heterocycles. The van der Waals surface area contributed by atoms with Crippen molar-refractivity contribution in [2.24, 2.45) is 5.41 Å².